The van der Waals surface area contributed by atoms with Gasteiger partial charge >= 0.3 is 7.60 Å². The molecule has 12 heteroatoms. The average molecular weight is 387 g/mol. The second kappa shape index (κ2) is 6.88. The van der Waals surface area contributed by atoms with E-state index in [1.165, 1.54) is 12.1 Å². The molecular formula is C12H7F5NO4PS. The Balaban J connectivity index is 2.18. The van der Waals surface area contributed by atoms with Gasteiger partial charge in [-0.05, 0) is 11.4 Å². The summed E-state index contributed by atoms with van der Waals surface area (Å²) >= 11 is 1.01. The number of hydrogen-bond acceptors (Lipinski definition) is 4. The fourth-order valence-electron chi connectivity index (χ4n) is 1.51. The number of amides is 1. The Morgan fingerprint density at radius 2 is 1.67 bits per heavy atom. The predicted molar refractivity (Wildman–Crippen MR) is 73.3 cm³/mol. The van der Waals surface area contributed by atoms with E-state index < -0.39 is 54.6 Å². The Morgan fingerprint density at radius 1 is 1.12 bits per heavy atom. The molecule has 1 atom stereocenters. The minimum atomic E-state index is -4.94. The number of carbonyl (C=O) groups excluding carboxylic acids is 1. The van der Waals surface area contributed by atoms with Gasteiger partial charge in [0, 0.05) is 0 Å². The normalized spacial score (nSPS) is 13.4. The molecule has 2 rings (SSSR count). The van der Waals surface area contributed by atoms with Gasteiger partial charge in [-0.25, -0.2) is 17.7 Å². The van der Waals surface area contributed by atoms with Crippen molar-refractivity contribution in [3.8, 4) is 5.75 Å². The molecule has 0 saturated carbocycles. The quantitative estimate of drug-likeness (QED) is 0.357. The molecular weight excluding hydrogens is 380 g/mol. The summed E-state index contributed by atoms with van der Waals surface area (Å²) < 4.78 is 81.4. The van der Waals surface area contributed by atoms with Crippen molar-refractivity contribution in [2.45, 2.75) is 0 Å². The molecule has 24 heavy (non-hydrogen) atoms. The molecule has 0 bridgehead atoms. The van der Waals surface area contributed by atoms with Crippen molar-refractivity contribution < 1.29 is 40.7 Å². The lowest BCUT2D eigenvalue weighted by Crippen LogP contribution is -2.25. The van der Waals surface area contributed by atoms with E-state index >= 15 is 0 Å². The van der Waals surface area contributed by atoms with Crippen LogP contribution >= 0.6 is 18.9 Å². The molecule has 0 radical (unpaired) electrons. The van der Waals surface area contributed by atoms with Crippen LogP contribution in [-0.2, 0) is 4.57 Å². The van der Waals surface area contributed by atoms with E-state index in [9.17, 15) is 36.2 Å². The van der Waals surface area contributed by atoms with E-state index in [4.69, 9.17) is 0 Å². The Kier molecular flexibility index (Phi) is 5.26. The first-order chi connectivity index (χ1) is 11.1. The molecule has 0 spiro atoms. The van der Waals surface area contributed by atoms with Gasteiger partial charge in [0.25, 0.3) is 5.91 Å². The maximum absolute atomic E-state index is 13.4. The van der Waals surface area contributed by atoms with Gasteiger partial charge in [-0.1, -0.05) is 6.07 Å². The highest BCUT2D eigenvalue weighted by molar-refractivity contribution is 7.53. The SMILES string of the molecule is O=C(NCP(=O)(O)Oc1c(F)c(F)c(F)c(F)c1F)c1cccs1. The van der Waals surface area contributed by atoms with Crippen molar-refractivity contribution in [1.29, 1.82) is 0 Å². The van der Waals surface area contributed by atoms with Gasteiger partial charge in [0.1, 0.15) is 6.29 Å². The summed E-state index contributed by atoms with van der Waals surface area (Å²) in [6.45, 7) is 0. The number of rotatable bonds is 5. The van der Waals surface area contributed by atoms with Crippen LogP contribution in [0.25, 0.3) is 0 Å². The zero-order valence-electron chi connectivity index (χ0n) is 11.4. The molecule has 1 aromatic heterocycles. The van der Waals surface area contributed by atoms with Gasteiger partial charge < -0.3 is 14.7 Å². The topological polar surface area (TPSA) is 75.6 Å². The standard InChI is InChI=1S/C12H7F5NO4PS/c13-6-7(14)9(16)11(10(17)8(6)15)22-23(20,21)4-18-12(19)5-2-1-3-24-5/h1-3H,4H2,(H,18,19)(H,20,21). The molecule has 1 aromatic carbocycles. The fourth-order valence-corrected chi connectivity index (χ4v) is 3.00. The molecule has 2 N–H and O–H groups in total. The maximum Gasteiger partial charge on any atom is 0.395 e. The molecule has 0 aliphatic rings. The number of thiophene rings is 1. The highest BCUT2D eigenvalue weighted by Crippen LogP contribution is 2.44. The third kappa shape index (κ3) is 3.74. The summed E-state index contributed by atoms with van der Waals surface area (Å²) in [7, 11) is -4.94. The summed E-state index contributed by atoms with van der Waals surface area (Å²) in [5.41, 5.74) is 0. The smallest absolute Gasteiger partial charge is 0.395 e. The molecule has 5 nitrogen and oxygen atoms in total. The summed E-state index contributed by atoms with van der Waals surface area (Å²) in [6.07, 6.45) is -1.11. The Morgan fingerprint density at radius 3 is 2.17 bits per heavy atom. The van der Waals surface area contributed by atoms with Crippen molar-refractivity contribution in [2.75, 3.05) is 6.29 Å². The van der Waals surface area contributed by atoms with Gasteiger partial charge in [0.2, 0.25) is 34.8 Å². The van der Waals surface area contributed by atoms with Crippen molar-refractivity contribution in [3.63, 3.8) is 0 Å². The highest BCUT2D eigenvalue weighted by atomic mass is 32.1. The number of benzene rings is 1. The second-order valence-electron chi connectivity index (χ2n) is 4.27. The molecule has 0 aliphatic carbocycles. The van der Waals surface area contributed by atoms with Crippen LogP contribution in [0.2, 0.25) is 0 Å². The number of carbonyl (C=O) groups is 1. The molecule has 130 valence electrons. The molecule has 0 saturated heterocycles. The molecule has 2 aromatic rings. The Hall–Kier alpha value is -1.97. The first kappa shape index (κ1) is 18.4. The van der Waals surface area contributed by atoms with Crippen molar-refractivity contribution in [2.24, 2.45) is 0 Å². The minimum absolute atomic E-state index is 0.172. The lowest BCUT2D eigenvalue weighted by Gasteiger charge is -2.15. The highest BCUT2D eigenvalue weighted by Gasteiger charge is 2.32. The number of halogens is 5. The summed E-state index contributed by atoms with van der Waals surface area (Å²) in [5, 5.41) is 3.51. The van der Waals surface area contributed by atoms with E-state index in [2.05, 4.69) is 4.52 Å². The summed E-state index contributed by atoms with van der Waals surface area (Å²) in [4.78, 5) is 21.2. The van der Waals surface area contributed by atoms with E-state index in [-0.39, 0.29) is 4.88 Å². The molecule has 1 unspecified atom stereocenters. The van der Waals surface area contributed by atoms with Crippen molar-refractivity contribution in [1.82, 2.24) is 5.32 Å². The monoisotopic (exact) mass is 387 g/mol. The van der Waals surface area contributed by atoms with Crippen LogP contribution in [0.15, 0.2) is 17.5 Å². The van der Waals surface area contributed by atoms with Gasteiger partial charge in [-0.2, -0.15) is 8.78 Å². The second-order valence-corrected chi connectivity index (χ2v) is 6.99. The van der Waals surface area contributed by atoms with Gasteiger partial charge in [0.15, 0.2) is 0 Å². The number of hydrogen-bond donors (Lipinski definition) is 2. The third-order valence-corrected chi connectivity index (χ3v) is 4.48. The zero-order chi connectivity index (χ0) is 18.1. The molecule has 0 aliphatic heterocycles. The van der Waals surface area contributed by atoms with Crippen LogP contribution in [0, 0.1) is 29.1 Å². The van der Waals surface area contributed by atoms with Crippen LogP contribution in [0.4, 0.5) is 22.0 Å². The molecule has 0 fully saturated rings. The Bertz CT molecular complexity index is 800. The lowest BCUT2D eigenvalue weighted by molar-refractivity contribution is 0.0961. The van der Waals surface area contributed by atoms with E-state index in [1.54, 1.807) is 5.38 Å². The minimum Gasteiger partial charge on any atom is -0.417 e. The van der Waals surface area contributed by atoms with Crippen LogP contribution in [0.3, 0.4) is 0 Å². The van der Waals surface area contributed by atoms with Crippen molar-refractivity contribution in [3.05, 3.63) is 51.5 Å². The van der Waals surface area contributed by atoms with E-state index in [1.807, 2.05) is 5.32 Å². The van der Waals surface area contributed by atoms with E-state index in [0.717, 1.165) is 11.3 Å². The third-order valence-electron chi connectivity index (χ3n) is 2.59. The van der Waals surface area contributed by atoms with Gasteiger partial charge in [-0.3, -0.25) is 4.79 Å². The fraction of sp³-hybridized carbons (Fsp3) is 0.0833. The number of nitrogens with one attached hydrogen (secondary N) is 1. The molecule has 1 heterocycles. The predicted octanol–water partition coefficient (Wildman–Crippen LogP) is 3.40. The zero-order valence-corrected chi connectivity index (χ0v) is 13.1. The van der Waals surface area contributed by atoms with Gasteiger partial charge in [0.05, 0.1) is 4.88 Å². The average Bonchev–Trinajstić information content (AvgIpc) is 3.07. The first-order valence-corrected chi connectivity index (χ1v) is 8.63. The largest absolute Gasteiger partial charge is 0.417 e. The first-order valence-electron chi connectivity index (χ1n) is 5.98. The van der Waals surface area contributed by atoms with Crippen LogP contribution in [-0.4, -0.2) is 17.1 Å². The lowest BCUT2D eigenvalue weighted by atomic mass is 10.3. The van der Waals surface area contributed by atoms with Crippen LogP contribution < -0.4 is 9.84 Å². The van der Waals surface area contributed by atoms with Crippen molar-refractivity contribution >= 4 is 24.8 Å². The van der Waals surface area contributed by atoms with Crippen LogP contribution in [0.5, 0.6) is 5.75 Å². The van der Waals surface area contributed by atoms with Gasteiger partial charge in [-0.15, -0.1) is 11.3 Å². The maximum atomic E-state index is 13.4. The Labute approximate surface area is 135 Å². The summed E-state index contributed by atoms with van der Waals surface area (Å²) in [5.74, 6) is -14.6. The van der Waals surface area contributed by atoms with E-state index in [0.29, 0.717) is 0 Å². The summed E-state index contributed by atoms with van der Waals surface area (Å²) in [6, 6.07) is 2.93. The molecule has 1 amide bonds. The van der Waals surface area contributed by atoms with Crippen LogP contribution in [0.1, 0.15) is 9.67 Å².